The molecule has 3 rings (SSSR count). The molecule has 122 valence electrons. The van der Waals surface area contributed by atoms with Crippen LogP contribution >= 0.6 is 0 Å². The standard InChI is InChI=1S/C18H23N3O2/c1-12(2)19-17(22)14-7-5-9-21(11-14)18(23)16-10-13-6-3-4-8-15(13)20-16/h3-4,6,8,10,12,14,20H,5,7,9,11H2,1-2H3,(H,19,22). The summed E-state index contributed by atoms with van der Waals surface area (Å²) < 4.78 is 0. The van der Waals surface area contributed by atoms with Crippen molar-refractivity contribution < 1.29 is 9.59 Å². The second-order valence-electron chi connectivity index (χ2n) is 6.52. The number of para-hydroxylation sites is 1. The molecule has 1 aromatic carbocycles. The zero-order chi connectivity index (χ0) is 16.4. The van der Waals surface area contributed by atoms with Crippen LogP contribution in [0.3, 0.4) is 0 Å². The second-order valence-corrected chi connectivity index (χ2v) is 6.52. The Morgan fingerprint density at radius 3 is 2.83 bits per heavy atom. The van der Waals surface area contributed by atoms with Gasteiger partial charge < -0.3 is 15.2 Å². The number of hydrogen-bond acceptors (Lipinski definition) is 2. The quantitative estimate of drug-likeness (QED) is 0.914. The number of benzene rings is 1. The average molecular weight is 313 g/mol. The van der Waals surface area contributed by atoms with E-state index in [1.54, 1.807) is 4.90 Å². The van der Waals surface area contributed by atoms with Gasteiger partial charge in [-0.1, -0.05) is 18.2 Å². The van der Waals surface area contributed by atoms with Crippen molar-refractivity contribution in [2.75, 3.05) is 13.1 Å². The fraction of sp³-hybridized carbons (Fsp3) is 0.444. The number of fused-ring (bicyclic) bond motifs is 1. The van der Waals surface area contributed by atoms with E-state index in [-0.39, 0.29) is 23.8 Å². The number of aromatic amines is 1. The van der Waals surface area contributed by atoms with Crippen LogP contribution in [0.5, 0.6) is 0 Å². The number of carbonyl (C=O) groups is 2. The number of piperidine rings is 1. The van der Waals surface area contributed by atoms with Crippen molar-refractivity contribution in [3.05, 3.63) is 36.0 Å². The van der Waals surface area contributed by atoms with E-state index < -0.39 is 0 Å². The molecule has 0 bridgehead atoms. The number of H-pyrrole nitrogens is 1. The lowest BCUT2D eigenvalue weighted by Gasteiger charge is -2.32. The molecule has 2 N–H and O–H groups in total. The van der Waals surface area contributed by atoms with Gasteiger partial charge in [0.25, 0.3) is 5.91 Å². The topological polar surface area (TPSA) is 65.2 Å². The highest BCUT2D eigenvalue weighted by molar-refractivity contribution is 5.98. The van der Waals surface area contributed by atoms with E-state index in [0.29, 0.717) is 18.8 Å². The van der Waals surface area contributed by atoms with Gasteiger partial charge in [-0.25, -0.2) is 0 Å². The fourth-order valence-electron chi connectivity index (χ4n) is 3.14. The molecule has 0 spiro atoms. The predicted molar refractivity (Wildman–Crippen MR) is 90.2 cm³/mol. The Bertz CT molecular complexity index is 687. The van der Waals surface area contributed by atoms with Crippen molar-refractivity contribution in [2.45, 2.75) is 32.7 Å². The summed E-state index contributed by atoms with van der Waals surface area (Å²) >= 11 is 0. The van der Waals surface area contributed by atoms with E-state index in [2.05, 4.69) is 10.3 Å². The summed E-state index contributed by atoms with van der Waals surface area (Å²) in [5.74, 6) is -0.0862. The number of nitrogens with zero attached hydrogens (tertiary/aromatic N) is 1. The van der Waals surface area contributed by atoms with Crippen LogP contribution in [0.1, 0.15) is 37.2 Å². The lowest BCUT2D eigenvalue weighted by molar-refractivity contribution is -0.126. The number of rotatable bonds is 3. The summed E-state index contributed by atoms with van der Waals surface area (Å²) in [6.07, 6.45) is 1.71. The van der Waals surface area contributed by atoms with E-state index in [9.17, 15) is 9.59 Å². The van der Waals surface area contributed by atoms with Crippen molar-refractivity contribution >= 4 is 22.7 Å². The molecule has 2 aromatic rings. The third kappa shape index (κ3) is 3.38. The highest BCUT2D eigenvalue weighted by Gasteiger charge is 2.29. The van der Waals surface area contributed by atoms with E-state index in [1.807, 2.05) is 44.2 Å². The maximum atomic E-state index is 12.7. The predicted octanol–water partition coefficient (Wildman–Crippen LogP) is 2.54. The van der Waals surface area contributed by atoms with E-state index in [1.165, 1.54) is 0 Å². The van der Waals surface area contributed by atoms with E-state index >= 15 is 0 Å². The molecule has 0 radical (unpaired) electrons. The van der Waals surface area contributed by atoms with Crippen LogP contribution in [0.15, 0.2) is 30.3 Å². The van der Waals surface area contributed by atoms with Gasteiger partial charge in [0.2, 0.25) is 5.91 Å². The molecule has 5 nitrogen and oxygen atoms in total. The van der Waals surface area contributed by atoms with Gasteiger partial charge in [0.15, 0.2) is 0 Å². The number of likely N-dealkylation sites (tertiary alicyclic amines) is 1. The first-order chi connectivity index (χ1) is 11.0. The molecule has 23 heavy (non-hydrogen) atoms. The van der Waals surface area contributed by atoms with Crippen molar-refractivity contribution in [1.82, 2.24) is 15.2 Å². The summed E-state index contributed by atoms with van der Waals surface area (Å²) in [4.78, 5) is 29.9. The summed E-state index contributed by atoms with van der Waals surface area (Å²) in [5.41, 5.74) is 1.55. The Morgan fingerprint density at radius 1 is 1.30 bits per heavy atom. The van der Waals surface area contributed by atoms with Crippen LogP contribution in [0.2, 0.25) is 0 Å². The normalized spacial score (nSPS) is 18.4. The van der Waals surface area contributed by atoms with Crippen LogP contribution in [-0.4, -0.2) is 40.8 Å². The summed E-state index contributed by atoms with van der Waals surface area (Å²) in [6, 6.07) is 9.86. The molecule has 0 aliphatic carbocycles. The van der Waals surface area contributed by atoms with Crippen LogP contribution in [0, 0.1) is 5.92 Å². The van der Waals surface area contributed by atoms with Gasteiger partial charge in [-0.3, -0.25) is 9.59 Å². The minimum atomic E-state index is -0.112. The van der Waals surface area contributed by atoms with Gasteiger partial charge in [-0.05, 0) is 38.8 Å². The molecule has 1 aliphatic heterocycles. The Balaban J connectivity index is 1.72. The van der Waals surface area contributed by atoms with Crippen molar-refractivity contribution in [3.8, 4) is 0 Å². The monoisotopic (exact) mass is 313 g/mol. The minimum Gasteiger partial charge on any atom is -0.354 e. The van der Waals surface area contributed by atoms with Crippen LogP contribution in [0.25, 0.3) is 10.9 Å². The Labute approximate surface area is 136 Å². The number of nitrogens with one attached hydrogen (secondary N) is 2. The first-order valence-electron chi connectivity index (χ1n) is 8.22. The van der Waals surface area contributed by atoms with Crippen molar-refractivity contribution in [1.29, 1.82) is 0 Å². The smallest absolute Gasteiger partial charge is 0.270 e. The molecule has 1 aliphatic rings. The van der Waals surface area contributed by atoms with Crippen molar-refractivity contribution in [3.63, 3.8) is 0 Å². The maximum absolute atomic E-state index is 12.7. The molecule has 1 atom stereocenters. The lowest BCUT2D eigenvalue weighted by Crippen LogP contribution is -2.46. The highest BCUT2D eigenvalue weighted by atomic mass is 16.2. The molecule has 0 saturated carbocycles. The third-order valence-electron chi connectivity index (χ3n) is 4.27. The van der Waals surface area contributed by atoms with Gasteiger partial charge in [-0.15, -0.1) is 0 Å². The third-order valence-corrected chi connectivity index (χ3v) is 4.27. The number of carbonyl (C=O) groups excluding carboxylic acids is 2. The second kappa shape index (κ2) is 6.44. The summed E-state index contributed by atoms with van der Waals surface area (Å²) in [7, 11) is 0. The largest absolute Gasteiger partial charge is 0.354 e. The van der Waals surface area contributed by atoms with Gasteiger partial charge in [-0.2, -0.15) is 0 Å². The molecule has 1 aromatic heterocycles. The minimum absolute atomic E-state index is 0.0248. The average Bonchev–Trinajstić information content (AvgIpc) is 2.97. The Hall–Kier alpha value is -2.30. The van der Waals surface area contributed by atoms with Gasteiger partial charge in [0.1, 0.15) is 5.69 Å². The molecule has 2 heterocycles. The van der Waals surface area contributed by atoms with Gasteiger partial charge in [0.05, 0.1) is 5.92 Å². The zero-order valence-electron chi connectivity index (χ0n) is 13.6. The molecule has 5 heteroatoms. The van der Waals surface area contributed by atoms with Crippen LogP contribution < -0.4 is 5.32 Å². The Kier molecular flexibility index (Phi) is 4.37. The first kappa shape index (κ1) is 15.6. The number of hydrogen-bond donors (Lipinski definition) is 2. The molecule has 1 unspecified atom stereocenters. The zero-order valence-corrected chi connectivity index (χ0v) is 13.6. The SMILES string of the molecule is CC(C)NC(=O)C1CCCN(C(=O)c2cc3ccccc3[nH]2)C1. The summed E-state index contributed by atoms with van der Waals surface area (Å²) in [5, 5.41) is 3.98. The first-order valence-corrected chi connectivity index (χ1v) is 8.22. The summed E-state index contributed by atoms with van der Waals surface area (Å²) in [6.45, 7) is 5.11. The van der Waals surface area contributed by atoms with Crippen molar-refractivity contribution in [2.24, 2.45) is 5.92 Å². The number of amides is 2. The fourth-order valence-corrected chi connectivity index (χ4v) is 3.14. The molecule has 1 saturated heterocycles. The van der Waals surface area contributed by atoms with Crippen LogP contribution in [0.4, 0.5) is 0 Å². The molecular weight excluding hydrogens is 290 g/mol. The van der Waals surface area contributed by atoms with Crippen LogP contribution in [-0.2, 0) is 4.79 Å². The van der Waals surface area contributed by atoms with Gasteiger partial charge >= 0.3 is 0 Å². The Morgan fingerprint density at radius 2 is 2.09 bits per heavy atom. The molecule has 2 amide bonds. The maximum Gasteiger partial charge on any atom is 0.270 e. The van der Waals surface area contributed by atoms with E-state index in [4.69, 9.17) is 0 Å². The van der Waals surface area contributed by atoms with Gasteiger partial charge in [0, 0.05) is 30.0 Å². The molecular formula is C18H23N3O2. The highest BCUT2D eigenvalue weighted by Crippen LogP contribution is 2.21. The van der Waals surface area contributed by atoms with E-state index in [0.717, 1.165) is 23.7 Å². The lowest BCUT2D eigenvalue weighted by atomic mass is 9.96. The number of aromatic nitrogens is 1. The molecule has 1 fully saturated rings.